The molecule has 0 unspecified atom stereocenters. The van der Waals surface area contributed by atoms with Crippen LogP contribution in [0.4, 0.5) is 0 Å². The van der Waals surface area contributed by atoms with Crippen molar-refractivity contribution in [2.75, 3.05) is 13.1 Å². The standard InChI is InChI=1S/C16H23N5O/c1-6-20(9-11(2)3)15(22)8-7-14-12(4)19-16-17-10-18-21(16)13(14)5/h10H,2,6-9H2,1,3-5H3. The average molecular weight is 301 g/mol. The molecule has 0 aliphatic heterocycles. The lowest BCUT2D eigenvalue weighted by Crippen LogP contribution is -2.32. The lowest BCUT2D eigenvalue weighted by molar-refractivity contribution is -0.130. The Hall–Kier alpha value is -2.24. The number of amides is 1. The molecule has 2 heterocycles. The molecule has 0 aliphatic carbocycles. The zero-order valence-corrected chi connectivity index (χ0v) is 13.8. The summed E-state index contributed by atoms with van der Waals surface area (Å²) in [7, 11) is 0. The van der Waals surface area contributed by atoms with Gasteiger partial charge in [0.05, 0.1) is 0 Å². The van der Waals surface area contributed by atoms with E-state index in [1.165, 1.54) is 6.33 Å². The Morgan fingerprint density at radius 1 is 1.41 bits per heavy atom. The van der Waals surface area contributed by atoms with E-state index in [4.69, 9.17) is 0 Å². The van der Waals surface area contributed by atoms with Gasteiger partial charge in [-0.25, -0.2) is 9.50 Å². The molecule has 1 amide bonds. The number of carbonyl (C=O) groups excluding carboxylic acids is 1. The summed E-state index contributed by atoms with van der Waals surface area (Å²) >= 11 is 0. The van der Waals surface area contributed by atoms with Gasteiger partial charge >= 0.3 is 0 Å². The van der Waals surface area contributed by atoms with Crippen LogP contribution >= 0.6 is 0 Å². The smallest absolute Gasteiger partial charge is 0.252 e. The minimum Gasteiger partial charge on any atom is -0.339 e. The van der Waals surface area contributed by atoms with Gasteiger partial charge in [-0.15, -0.1) is 0 Å². The molecule has 0 fully saturated rings. The van der Waals surface area contributed by atoms with E-state index in [0.717, 1.165) is 22.5 Å². The van der Waals surface area contributed by atoms with Crippen molar-refractivity contribution in [2.45, 2.75) is 40.5 Å². The van der Waals surface area contributed by atoms with Gasteiger partial charge in [-0.2, -0.15) is 10.1 Å². The predicted octanol–water partition coefficient (Wildman–Crippen LogP) is 2.10. The molecular formula is C16H23N5O. The Bertz CT molecular complexity index is 704. The fourth-order valence-corrected chi connectivity index (χ4v) is 2.61. The lowest BCUT2D eigenvalue weighted by Gasteiger charge is -2.21. The molecule has 118 valence electrons. The first-order valence-electron chi connectivity index (χ1n) is 7.52. The van der Waals surface area contributed by atoms with E-state index in [1.54, 1.807) is 4.52 Å². The number of carbonyl (C=O) groups is 1. The molecule has 0 aromatic carbocycles. The van der Waals surface area contributed by atoms with Crippen molar-refractivity contribution in [3.05, 3.63) is 35.4 Å². The Morgan fingerprint density at radius 2 is 2.14 bits per heavy atom. The van der Waals surface area contributed by atoms with E-state index in [2.05, 4.69) is 21.6 Å². The highest BCUT2D eigenvalue weighted by Gasteiger charge is 2.15. The van der Waals surface area contributed by atoms with Crippen molar-refractivity contribution >= 4 is 11.7 Å². The van der Waals surface area contributed by atoms with Crippen LogP contribution in [0.2, 0.25) is 0 Å². The van der Waals surface area contributed by atoms with Crippen molar-refractivity contribution in [1.29, 1.82) is 0 Å². The minimum absolute atomic E-state index is 0.142. The van der Waals surface area contributed by atoms with Crippen molar-refractivity contribution < 1.29 is 4.79 Å². The quantitative estimate of drug-likeness (QED) is 0.767. The molecule has 0 aliphatic rings. The fourth-order valence-electron chi connectivity index (χ4n) is 2.61. The molecular weight excluding hydrogens is 278 g/mol. The van der Waals surface area contributed by atoms with Crippen molar-refractivity contribution in [3.8, 4) is 0 Å². The van der Waals surface area contributed by atoms with Crippen molar-refractivity contribution in [3.63, 3.8) is 0 Å². The van der Waals surface area contributed by atoms with E-state index in [9.17, 15) is 4.79 Å². The van der Waals surface area contributed by atoms with Gasteiger partial charge in [-0.1, -0.05) is 12.2 Å². The van der Waals surface area contributed by atoms with Crippen LogP contribution in [0.5, 0.6) is 0 Å². The summed E-state index contributed by atoms with van der Waals surface area (Å²) in [6, 6.07) is 0. The molecule has 2 aromatic heterocycles. The average Bonchev–Trinajstić information content (AvgIpc) is 2.92. The number of fused-ring (bicyclic) bond motifs is 1. The van der Waals surface area contributed by atoms with E-state index in [1.807, 2.05) is 32.6 Å². The molecule has 2 rings (SSSR count). The van der Waals surface area contributed by atoms with Gasteiger partial charge in [-0.3, -0.25) is 4.79 Å². The highest BCUT2D eigenvalue weighted by Crippen LogP contribution is 2.15. The number of aromatic nitrogens is 4. The second-order valence-electron chi connectivity index (χ2n) is 5.60. The summed E-state index contributed by atoms with van der Waals surface area (Å²) in [5.41, 5.74) is 3.97. The van der Waals surface area contributed by atoms with Crippen LogP contribution in [-0.2, 0) is 11.2 Å². The number of nitrogens with zero attached hydrogens (tertiary/aromatic N) is 5. The predicted molar refractivity (Wildman–Crippen MR) is 85.6 cm³/mol. The van der Waals surface area contributed by atoms with Gasteiger partial charge < -0.3 is 4.90 Å². The molecule has 0 spiro atoms. The normalized spacial score (nSPS) is 10.9. The summed E-state index contributed by atoms with van der Waals surface area (Å²) in [6.45, 7) is 13.1. The summed E-state index contributed by atoms with van der Waals surface area (Å²) in [5.74, 6) is 0.741. The topological polar surface area (TPSA) is 63.4 Å². The fraction of sp³-hybridized carbons (Fsp3) is 0.500. The van der Waals surface area contributed by atoms with Crippen LogP contribution in [0.25, 0.3) is 5.78 Å². The van der Waals surface area contributed by atoms with Crippen LogP contribution < -0.4 is 0 Å². The minimum atomic E-state index is 0.142. The maximum absolute atomic E-state index is 12.3. The molecule has 0 bridgehead atoms. The third-order valence-electron chi connectivity index (χ3n) is 3.77. The molecule has 0 atom stereocenters. The molecule has 22 heavy (non-hydrogen) atoms. The first-order chi connectivity index (χ1) is 10.4. The number of likely N-dealkylation sites (N-methyl/N-ethyl adjacent to an activating group) is 1. The van der Waals surface area contributed by atoms with Crippen LogP contribution in [0, 0.1) is 13.8 Å². The molecule has 6 heteroatoms. The van der Waals surface area contributed by atoms with E-state index < -0.39 is 0 Å². The van der Waals surface area contributed by atoms with Crippen molar-refractivity contribution in [2.24, 2.45) is 0 Å². The second-order valence-corrected chi connectivity index (χ2v) is 5.60. The van der Waals surface area contributed by atoms with Crippen molar-refractivity contribution in [1.82, 2.24) is 24.5 Å². The molecule has 0 saturated carbocycles. The zero-order valence-electron chi connectivity index (χ0n) is 13.8. The first-order valence-corrected chi connectivity index (χ1v) is 7.52. The van der Waals surface area contributed by atoms with Gasteiger partial charge in [0, 0.05) is 30.9 Å². The van der Waals surface area contributed by atoms with Gasteiger partial charge in [0.2, 0.25) is 5.91 Å². The summed E-state index contributed by atoms with van der Waals surface area (Å²) in [6.07, 6.45) is 2.62. The van der Waals surface area contributed by atoms with Gasteiger partial charge in [0.15, 0.2) is 0 Å². The van der Waals surface area contributed by atoms with Gasteiger partial charge in [-0.05, 0) is 39.7 Å². The molecule has 0 saturated heterocycles. The molecule has 6 nitrogen and oxygen atoms in total. The molecule has 0 N–H and O–H groups in total. The number of rotatable bonds is 6. The summed E-state index contributed by atoms with van der Waals surface area (Å²) < 4.78 is 1.72. The largest absolute Gasteiger partial charge is 0.339 e. The van der Waals surface area contributed by atoms with Gasteiger partial charge in [0.25, 0.3) is 5.78 Å². The van der Waals surface area contributed by atoms with Crippen LogP contribution in [0.1, 0.15) is 37.2 Å². The second kappa shape index (κ2) is 6.68. The van der Waals surface area contributed by atoms with Crippen LogP contribution in [0.3, 0.4) is 0 Å². The van der Waals surface area contributed by atoms with E-state index in [-0.39, 0.29) is 5.91 Å². The third kappa shape index (κ3) is 3.32. The molecule has 2 aromatic rings. The Labute approximate surface area is 130 Å². The Balaban J connectivity index is 2.14. The third-order valence-corrected chi connectivity index (χ3v) is 3.77. The zero-order chi connectivity index (χ0) is 16.3. The maximum Gasteiger partial charge on any atom is 0.252 e. The number of hydrogen-bond acceptors (Lipinski definition) is 4. The summed E-state index contributed by atoms with van der Waals surface area (Å²) in [5, 5.41) is 4.17. The maximum atomic E-state index is 12.3. The number of hydrogen-bond donors (Lipinski definition) is 0. The van der Waals surface area contributed by atoms with Gasteiger partial charge in [0.1, 0.15) is 6.33 Å². The monoisotopic (exact) mass is 301 g/mol. The SMILES string of the molecule is C=C(C)CN(CC)C(=O)CCc1c(C)nc2ncnn2c1C. The highest BCUT2D eigenvalue weighted by molar-refractivity contribution is 5.76. The Kier molecular flexibility index (Phi) is 4.90. The van der Waals surface area contributed by atoms with Crippen LogP contribution in [-0.4, -0.2) is 43.5 Å². The number of aryl methyl sites for hydroxylation is 2. The first kappa shape index (κ1) is 16.1. The highest BCUT2D eigenvalue weighted by atomic mass is 16.2. The van der Waals surface area contributed by atoms with E-state index in [0.29, 0.717) is 31.7 Å². The summed E-state index contributed by atoms with van der Waals surface area (Å²) in [4.78, 5) is 22.7. The van der Waals surface area contributed by atoms with Crippen LogP contribution in [0.15, 0.2) is 18.5 Å². The lowest BCUT2D eigenvalue weighted by atomic mass is 10.1. The molecule has 0 radical (unpaired) electrons. The Morgan fingerprint density at radius 3 is 2.77 bits per heavy atom. The van der Waals surface area contributed by atoms with E-state index >= 15 is 0 Å².